The molecule has 0 bridgehead atoms. The first-order valence-corrected chi connectivity index (χ1v) is 6.97. The van der Waals surface area contributed by atoms with E-state index in [4.69, 9.17) is 21.1 Å². The average molecular weight is 286 g/mol. The highest BCUT2D eigenvalue weighted by Crippen LogP contribution is 2.34. The van der Waals surface area contributed by atoms with Crippen LogP contribution in [0.2, 0.25) is 5.02 Å². The molecule has 0 saturated carbocycles. The van der Waals surface area contributed by atoms with Crippen molar-refractivity contribution in [3.05, 3.63) is 29.0 Å². The topological polar surface area (TPSA) is 30.5 Å². The minimum absolute atomic E-state index is 0.146. The lowest BCUT2D eigenvalue weighted by atomic mass is 9.89. The van der Waals surface area contributed by atoms with Crippen LogP contribution in [0.15, 0.2) is 18.2 Å². The molecular formula is C14H17ClFNO2. The van der Waals surface area contributed by atoms with Crippen LogP contribution < -0.4 is 5.32 Å². The van der Waals surface area contributed by atoms with Crippen LogP contribution in [0.25, 0.3) is 0 Å². The minimum atomic E-state index is -0.319. The molecule has 3 nitrogen and oxygen atoms in total. The molecule has 2 unspecified atom stereocenters. The lowest BCUT2D eigenvalue weighted by Gasteiger charge is -2.37. The van der Waals surface area contributed by atoms with Crippen LogP contribution in [-0.2, 0) is 9.47 Å². The molecule has 2 saturated heterocycles. The zero-order valence-corrected chi connectivity index (χ0v) is 11.4. The maximum absolute atomic E-state index is 13.3. The van der Waals surface area contributed by atoms with E-state index in [1.807, 2.05) is 0 Å². The summed E-state index contributed by atoms with van der Waals surface area (Å²) < 4.78 is 24.6. The van der Waals surface area contributed by atoms with E-state index in [1.54, 1.807) is 6.07 Å². The Balaban J connectivity index is 1.69. The molecule has 1 aromatic rings. The Bertz CT molecular complexity index is 443. The van der Waals surface area contributed by atoms with Gasteiger partial charge >= 0.3 is 0 Å². The predicted octanol–water partition coefficient (Wildman–Crippen LogP) is 3.23. The molecule has 0 aromatic heterocycles. The van der Waals surface area contributed by atoms with Crippen molar-refractivity contribution in [3.8, 4) is 0 Å². The fourth-order valence-corrected chi connectivity index (χ4v) is 3.11. The maximum Gasteiger partial charge on any atom is 0.126 e. The van der Waals surface area contributed by atoms with Crippen LogP contribution in [0.3, 0.4) is 0 Å². The monoisotopic (exact) mass is 285 g/mol. The van der Waals surface area contributed by atoms with Crippen LogP contribution in [0.4, 0.5) is 10.1 Å². The third kappa shape index (κ3) is 3.02. The number of hydrogen-bond donors (Lipinski definition) is 1. The summed E-state index contributed by atoms with van der Waals surface area (Å²) in [5.41, 5.74) is 0.582. The van der Waals surface area contributed by atoms with Crippen LogP contribution in [-0.4, -0.2) is 31.5 Å². The van der Waals surface area contributed by atoms with Crippen LogP contribution in [0, 0.1) is 5.82 Å². The van der Waals surface area contributed by atoms with Gasteiger partial charge in [0.05, 0.1) is 12.2 Å². The largest absolute Gasteiger partial charge is 0.382 e. The highest BCUT2D eigenvalue weighted by Gasteiger charge is 2.40. The van der Waals surface area contributed by atoms with Crippen molar-refractivity contribution in [1.82, 2.24) is 0 Å². The first-order chi connectivity index (χ1) is 9.15. The smallest absolute Gasteiger partial charge is 0.126 e. The van der Waals surface area contributed by atoms with Crippen molar-refractivity contribution in [3.63, 3.8) is 0 Å². The molecule has 0 amide bonds. The average Bonchev–Trinajstić information content (AvgIpc) is 2.76. The molecule has 2 aliphatic heterocycles. The lowest BCUT2D eigenvalue weighted by molar-refractivity contribution is -0.0828. The van der Waals surface area contributed by atoms with E-state index in [0.717, 1.165) is 31.6 Å². The summed E-state index contributed by atoms with van der Waals surface area (Å²) >= 11 is 5.86. The number of nitrogens with one attached hydrogen (secondary N) is 1. The standard InChI is InChI=1S/C14H17ClFNO2/c15-10-5-11(16)7-13(6-10)17-12-1-3-19-14(8-12)2-4-18-9-14/h5-7,12,17H,1-4,8-9H2. The molecule has 19 heavy (non-hydrogen) atoms. The third-order valence-electron chi connectivity index (χ3n) is 3.79. The molecule has 1 N–H and O–H groups in total. The Morgan fingerprint density at radius 1 is 1.32 bits per heavy atom. The number of hydrogen-bond acceptors (Lipinski definition) is 3. The van der Waals surface area contributed by atoms with E-state index in [1.165, 1.54) is 12.1 Å². The first-order valence-electron chi connectivity index (χ1n) is 6.60. The van der Waals surface area contributed by atoms with E-state index < -0.39 is 0 Å². The van der Waals surface area contributed by atoms with Gasteiger partial charge in [0.2, 0.25) is 0 Å². The van der Waals surface area contributed by atoms with Gasteiger partial charge in [0.25, 0.3) is 0 Å². The maximum atomic E-state index is 13.3. The van der Waals surface area contributed by atoms with Gasteiger partial charge in [-0.05, 0) is 31.0 Å². The summed E-state index contributed by atoms with van der Waals surface area (Å²) in [6, 6.07) is 4.80. The van der Waals surface area contributed by atoms with Gasteiger partial charge in [-0.1, -0.05) is 11.6 Å². The molecule has 1 aromatic carbocycles. The molecular weight excluding hydrogens is 269 g/mol. The Labute approximate surface area is 117 Å². The summed E-state index contributed by atoms with van der Waals surface area (Å²) in [6.45, 7) is 2.14. The van der Waals surface area contributed by atoms with Crippen molar-refractivity contribution in [1.29, 1.82) is 0 Å². The number of rotatable bonds is 2. The number of anilines is 1. The van der Waals surface area contributed by atoms with Gasteiger partial charge in [0.1, 0.15) is 5.82 Å². The highest BCUT2D eigenvalue weighted by atomic mass is 35.5. The predicted molar refractivity (Wildman–Crippen MR) is 72.2 cm³/mol. The quantitative estimate of drug-likeness (QED) is 0.905. The van der Waals surface area contributed by atoms with E-state index in [9.17, 15) is 4.39 Å². The second kappa shape index (κ2) is 5.27. The Hall–Kier alpha value is -0.840. The molecule has 2 heterocycles. The van der Waals surface area contributed by atoms with E-state index >= 15 is 0 Å². The number of benzene rings is 1. The molecule has 2 fully saturated rings. The molecule has 0 radical (unpaired) electrons. The Morgan fingerprint density at radius 2 is 2.21 bits per heavy atom. The van der Waals surface area contributed by atoms with E-state index in [2.05, 4.69) is 5.32 Å². The number of halogens is 2. The van der Waals surface area contributed by atoms with Gasteiger partial charge in [0, 0.05) is 36.4 Å². The number of ether oxygens (including phenoxy) is 2. The van der Waals surface area contributed by atoms with Gasteiger partial charge in [-0.3, -0.25) is 0 Å². The van der Waals surface area contributed by atoms with Gasteiger partial charge in [-0.15, -0.1) is 0 Å². The van der Waals surface area contributed by atoms with Gasteiger partial charge in [-0.25, -0.2) is 4.39 Å². The van der Waals surface area contributed by atoms with E-state index in [0.29, 0.717) is 18.2 Å². The SMILES string of the molecule is Fc1cc(Cl)cc(NC2CCOC3(CCOC3)C2)c1. The van der Waals surface area contributed by atoms with Crippen molar-refractivity contribution >= 4 is 17.3 Å². The fraction of sp³-hybridized carbons (Fsp3) is 0.571. The van der Waals surface area contributed by atoms with Crippen LogP contribution >= 0.6 is 11.6 Å². The lowest BCUT2D eigenvalue weighted by Crippen LogP contribution is -2.44. The van der Waals surface area contributed by atoms with Crippen molar-refractivity contribution in [2.24, 2.45) is 0 Å². The van der Waals surface area contributed by atoms with Gasteiger partial charge < -0.3 is 14.8 Å². The molecule has 3 rings (SSSR count). The van der Waals surface area contributed by atoms with Gasteiger partial charge in [-0.2, -0.15) is 0 Å². The van der Waals surface area contributed by atoms with Crippen molar-refractivity contribution in [2.45, 2.75) is 30.9 Å². The minimum Gasteiger partial charge on any atom is -0.382 e. The second-order valence-corrected chi connectivity index (χ2v) is 5.76. The fourth-order valence-electron chi connectivity index (χ4n) is 2.89. The molecule has 0 aliphatic carbocycles. The van der Waals surface area contributed by atoms with Crippen molar-refractivity contribution in [2.75, 3.05) is 25.1 Å². The normalized spacial score (nSPS) is 30.7. The first kappa shape index (κ1) is 13.2. The summed E-state index contributed by atoms with van der Waals surface area (Å²) in [6.07, 6.45) is 2.74. The van der Waals surface area contributed by atoms with Crippen LogP contribution in [0.5, 0.6) is 0 Å². The summed E-state index contributed by atoms with van der Waals surface area (Å²) in [7, 11) is 0. The summed E-state index contributed by atoms with van der Waals surface area (Å²) in [4.78, 5) is 0. The Morgan fingerprint density at radius 3 is 2.95 bits per heavy atom. The summed E-state index contributed by atoms with van der Waals surface area (Å²) in [5.74, 6) is -0.319. The highest BCUT2D eigenvalue weighted by molar-refractivity contribution is 6.30. The summed E-state index contributed by atoms with van der Waals surface area (Å²) in [5, 5.41) is 3.76. The molecule has 5 heteroatoms. The zero-order chi connectivity index (χ0) is 13.3. The molecule has 2 atom stereocenters. The molecule has 1 spiro atoms. The van der Waals surface area contributed by atoms with Crippen molar-refractivity contribution < 1.29 is 13.9 Å². The van der Waals surface area contributed by atoms with E-state index in [-0.39, 0.29) is 17.5 Å². The van der Waals surface area contributed by atoms with Gasteiger partial charge in [0.15, 0.2) is 0 Å². The second-order valence-electron chi connectivity index (χ2n) is 5.33. The third-order valence-corrected chi connectivity index (χ3v) is 4.01. The Kier molecular flexibility index (Phi) is 3.65. The molecule has 2 aliphatic rings. The molecule has 104 valence electrons. The zero-order valence-electron chi connectivity index (χ0n) is 10.6. The van der Waals surface area contributed by atoms with Crippen LogP contribution in [0.1, 0.15) is 19.3 Å².